The minimum atomic E-state index is -0.220. The molecule has 0 heterocycles. The Balaban J connectivity index is 0.00000121. The molecule has 1 unspecified atom stereocenters. The Hall–Kier alpha value is -1.51. The quantitative estimate of drug-likeness (QED) is 0.593. The van der Waals surface area contributed by atoms with Gasteiger partial charge in [0, 0.05) is 0 Å². The predicted molar refractivity (Wildman–Crippen MR) is 69.4 cm³/mol. The largest absolute Gasteiger partial charge is 0.493 e. The maximum absolute atomic E-state index is 11.5. The molecular weight excluding hydrogens is 216 g/mol. The predicted octanol–water partition coefficient (Wildman–Crippen LogP) is 3.67. The molecule has 1 aromatic carbocycles. The van der Waals surface area contributed by atoms with Gasteiger partial charge in [-0.1, -0.05) is 39.8 Å². The molecule has 1 atom stereocenters. The summed E-state index contributed by atoms with van der Waals surface area (Å²) in [5.41, 5.74) is 0. The van der Waals surface area contributed by atoms with E-state index in [4.69, 9.17) is 9.47 Å². The topological polar surface area (TPSA) is 35.5 Å². The van der Waals surface area contributed by atoms with Crippen molar-refractivity contribution in [2.45, 2.75) is 34.1 Å². The Kier molecular flexibility index (Phi) is 7.85. The third kappa shape index (κ3) is 4.89. The van der Waals surface area contributed by atoms with Crippen LogP contribution in [0.1, 0.15) is 34.1 Å². The van der Waals surface area contributed by atoms with Gasteiger partial charge in [0.2, 0.25) is 0 Å². The summed E-state index contributed by atoms with van der Waals surface area (Å²) in [4.78, 5) is 11.5. The van der Waals surface area contributed by atoms with Crippen molar-refractivity contribution in [1.29, 1.82) is 0 Å². The van der Waals surface area contributed by atoms with Crippen molar-refractivity contribution in [3.8, 4) is 11.5 Å². The van der Waals surface area contributed by atoms with Crippen LogP contribution in [0.25, 0.3) is 0 Å². The van der Waals surface area contributed by atoms with Gasteiger partial charge in [-0.05, 0) is 18.6 Å². The van der Waals surface area contributed by atoms with E-state index in [1.165, 1.54) is 0 Å². The summed E-state index contributed by atoms with van der Waals surface area (Å²) in [7, 11) is 1.55. The molecule has 0 N–H and O–H groups in total. The average Bonchev–Trinajstić information content (AvgIpc) is 2.40. The highest BCUT2D eigenvalue weighted by Gasteiger charge is 2.14. The van der Waals surface area contributed by atoms with Crippen LogP contribution < -0.4 is 9.47 Å². The fraction of sp³-hybridized carbons (Fsp3) is 0.500. The number of carbonyl (C=O) groups excluding carboxylic acids is 1. The highest BCUT2D eigenvalue weighted by molar-refractivity contribution is 5.75. The van der Waals surface area contributed by atoms with Crippen LogP contribution in [0.2, 0.25) is 0 Å². The SMILES string of the molecule is CC.CCC(C)C(=O)Oc1ccccc1OC. The Morgan fingerprint density at radius 1 is 1.24 bits per heavy atom. The normalized spacial score (nSPS) is 10.9. The summed E-state index contributed by atoms with van der Waals surface area (Å²) in [6.45, 7) is 7.80. The number of methoxy groups -OCH3 is 1. The molecule has 1 rings (SSSR count). The van der Waals surface area contributed by atoms with Gasteiger partial charge in [0.1, 0.15) is 0 Å². The summed E-state index contributed by atoms with van der Waals surface area (Å²) >= 11 is 0. The Morgan fingerprint density at radius 3 is 2.24 bits per heavy atom. The van der Waals surface area contributed by atoms with Crippen LogP contribution in [-0.4, -0.2) is 13.1 Å². The van der Waals surface area contributed by atoms with Crippen LogP contribution >= 0.6 is 0 Å². The smallest absolute Gasteiger partial charge is 0.314 e. The lowest BCUT2D eigenvalue weighted by Crippen LogP contribution is -2.17. The molecule has 3 heteroatoms. The number of ether oxygens (including phenoxy) is 2. The van der Waals surface area contributed by atoms with Crippen molar-refractivity contribution in [1.82, 2.24) is 0 Å². The molecule has 0 aliphatic rings. The second kappa shape index (κ2) is 8.62. The first kappa shape index (κ1) is 15.5. The van der Waals surface area contributed by atoms with E-state index in [2.05, 4.69) is 0 Å². The Bertz CT molecular complexity index is 334. The van der Waals surface area contributed by atoms with Gasteiger partial charge in [-0.15, -0.1) is 0 Å². The van der Waals surface area contributed by atoms with Gasteiger partial charge in [-0.2, -0.15) is 0 Å². The number of carbonyl (C=O) groups is 1. The zero-order chi connectivity index (χ0) is 13.3. The van der Waals surface area contributed by atoms with Gasteiger partial charge in [0.15, 0.2) is 11.5 Å². The summed E-state index contributed by atoms with van der Waals surface area (Å²) in [6.07, 6.45) is 0.772. The molecule has 0 fully saturated rings. The molecular formula is C14H22O3. The highest BCUT2D eigenvalue weighted by atomic mass is 16.6. The van der Waals surface area contributed by atoms with E-state index < -0.39 is 0 Å². The third-order valence-corrected chi connectivity index (χ3v) is 2.29. The van der Waals surface area contributed by atoms with Gasteiger partial charge >= 0.3 is 5.97 Å². The lowest BCUT2D eigenvalue weighted by atomic mass is 10.1. The minimum absolute atomic E-state index is 0.0880. The van der Waals surface area contributed by atoms with Gasteiger partial charge in [-0.25, -0.2) is 0 Å². The Morgan fingerprint density at radius 2 is 1.76 bits per heavy atom. The first-order valence-electron chi connectivity index (χ1n) is 6.03. The van der Waals surface area contributed by atoms with Crippen molar-refractivity contribution in [2.24, 2.45) is 5.92 Å². The maximum atomic E-state index is 11.5. The fourth-order valence-corrected chi connectivity index (χ4v) is 1.08. The van der Waals surface area contributed by atoms with E-state index in [0.29, 0.717) is 11.5 Å². The number of rotatable bonds is 4. The molecule has 17 heavy (non-hydrogen) atoms. The maximum Gasteiger partial charge on any atom is 0.314 e. The summed E-state index contributed by atoms with van der Waals surface area (Å²) in [5, 5.41) is 0. The second-order valence-corrected chi connectivity index (χ2v) is 3.38. The molecule has 0 aliphatic heterocycles. The van der Waals surface area contributed by atoms with E-state index in [-0.39, 0.29) is 11.9 Å². The highest BCUT2D eigenvalue weighted by Crippen LogP contribution is 2.26. The monoisotopic (exact) mass is 238 g/mol. The van der Waals surface area contributed by atoms with Crippen molar-refractivity contribution in [2.75, 3.05) is 7.11 Å². The molecule has 3 nitrogen and oxygen atoms in total. The third-order valence-electron chi connectivity index (χ3n) is 2.29. The Labute approximate surface area is 104 Å². The molecule has 0 spiro atoms. The molecule has 0 saturated carbocycles. The molecule has 0 amide bonds. The van der Waals surface area contributed by atoms with E-state index >= 15 is 0 Å². The molecule has 96 valence electrons. The van der Waals surface area contributed by atoms with E-state index in [1.54, 1.807) is 19.2 Å². The van der Waals surface area contributed by atoms with Gasteiger partial charge in [-0.3, -0.25) is 4.79 Å². The van der Waals surface area contributed by atoms with Crippen LogP contribution in [0.5, 0.6) is 11.5 Å². The minimum Gasteiger partial charge on any atom is -0.493 e. The fourth-order valence-electron chi connectivity index (χ4n) is 1.08. The summed E-state index contributed by atoms with van der Waals surface area (Å²) in [6, 6.07) is 7.12. The van der Waals surface area contributed by atoms with Crippen LogP contribution in [-0.2, 0) is 4.79 Å². The van der Waals surface area contributed by atoms with Crippen LogP contribution in [0, 0.1) is 5.92 Å². The van der Waals surface area contributed by atoms with Gasteiger partial charge < -0.3 is 9.47 Å². The summed E-state index contributed by atoms with van der Waals surface area (Å²) in [5.74, 6) is 0.747. The van der Waals surface area contributed by atoms with Crippen molar-refractivity contribution < 1.29 is 14.3 Å². The molecule has 0 bridgehead atoms. The molecule has 0 aliphatic carbocycles. The number of hydrogen-bond acceptors (Lipinski definition) is 3. The molecule has 1 aromatic rings. The molecule has 0 saturated heterocycles. The van der Waals surface area contributed by atoms with E-state index in [1.807, 2.05) is 39.8 Å². The van der Waals surface area contributed by atoms with Crippen LogP contribution in [0.15, 0.2) is 24.3 Å². The van der Waals surface area contributed by atoms with E-state index in [0.717, 1.165) is 6.42 Å². The van der Waals surface area contributed by atoms with Crippen LogP contribution in [0.4, 0.5) is 0 Å². The number of benzene rings is 1. The second-order valence-electron chi connectivity index (χ2n) is 3.38. The number of esters is 1. The molecule has 0 radical (unpaired) electrons. The van der Waals surface area contributed by atoms with Crippen molar-refractivity contribution in [3.63, 3.8) is 0 Å². The van der Waals surface area contributed by atoms with E-state index in [9.17, 15) is 4.79 Å². The standard InChI is InChI=1S/C12H16O3.C2H6/c1-4-9(2)12(13)15-11-8-6-5-7-10(11)14-3;1-2/h5-9H,4H2,1-3H3;1-2H3. The zero-order valence-electron chi connectivity index (χ0n) is 11.3. The lowest BCUT2D eigenvalue weighted by Gasteiger charge is -2.11. The zero-order valence-corrected chi connectivity index (χ0v) is 11.3. The molecule has 0 aromatic heterocycles. The first-order chi connectivity index (χ1) is 8.19. The number of para-hydroxylation sites is 2. The lowest BCUT2D eigenvalue weighted by molar-refractivity contribution is -0.138. The van der Waals surface area contributed by atoms with Crippen molar-refractivity contribution in [3.05, 3.63) is 24.3 Å². The number of hydrogen-bond donors (Lipinski definition) is 0. The first-order valence-corrected chi connectivity index (χ1v) is 6.03. The van der Waals surface area contributed by atoms with Gasteiger partial charge in [0.05, 0.1) is 13.0 Å². The van der Waals surface area contributed by atoms with Gasteiger partial charge in [0.25, 0.3) is 0 Å². The average molecular weight is 238 g/mol. The van der Waals surface area contributed by atoms with Crippen molar-refractivity contribution >= 4 is 5.97 Å². The summed E-state index contributed by atoms with van der Waals surface area (Å²) < 4.78 is 10.3. The van der Waals surface area contributed by atoms with Crippen LogP contribution in [0.3, 0.4) is 0 Å².